The van der Waals surface area contributed by atoms with Crippen LogP contribution in [-0.2, 0) is 14.3 Å². The summed E-state index contributed by atoms with van der Waals surface area (Å²) in [6.07, 6.45) is 1.49. The number of aromatic hydroxyl groups is 1. The number of phenols is 1. The zero-order valence-corrected chi connectivity index (χ0v) is 16.9. The maximum absolute atomic E-state index is 13.3. The highest BCUT2D eigenvalue weighted by Gasteiger charge is 2.38. The second-order valence-electron chi connectivity index (χ2n) is 6.61. The minimum Gasteiger partial charge on any atom is -0.504 e. The van der Waals surface area contributed by atoms with E-state index in [1.807, 2.05) is 31.2 Å². The number of hydrogen-bond donors (Lipinski definition) is 1. The number of methoxy groups -OCH3 is 1. The van der Waals surface area contributed by atoms with Crippen LogP contribution in [0.25, 0.3) is 6.08 Å². The van der Waals surface area contributed by atoms with Crippen LogP contribution in [0.15, 0.2) is 59.3 Å². The smallest absolute Gasteiger partial charge is 0.340 e. The van der Waals surface area contributed by atoms with Gasteiger partial charge in [-0.15, -0.1) is 0 Å². The summed E-state index contributed by atoms with van der Waals surface area (Å²) in [6.45, 7) is 5.56. The summed E-state index contributed by atoms with van der Waals surface area (Å²) in [5.74, 6) is -0.776. The lowest BCUT2D eigenvalue weighted by molar-refractivity contribution is -0.138. The molecule has 2 aromatic rings. The molecular formula is C23H23NO5. The Hall–Kier alpha value is -3.54. The van der Waals surface area contributed by atoms with E-state index in [0.717, 1.165) is 5.56 Å². The number of carbonyl (C=O) groups is 2. The zero-order chi connectivity index (χ0) is 21.1. The Kier molecular flexibility index (Phi) is 5.73. The van der Waals surface area contributed by atoms with Crippen molar-refractivity contribution in [3.05, 3.63) is 70.4 Å². The van der Waals surface area contributed by atoms with E-state index >= 15 is 0 Å². The van der Waals surface area contributed by atoms with E-state index in [1.165, 1.54) is 18.1 Å². The van der Waals surface area contributed by atoms with Crippen molar-refractivity contribution >= 4 is 23.6 Å². The molecule has 1 N–H and O–H groups in total. The van der Waals surface area contributed by atoms with Gasteiger partial charge in [-0.2, -0.15) is 0 Å². The molecule has 1 heterocycles. The monoisotopic (exact) mass is 393 g/mol. The number of amides is 1. The Balaban J connectivity index is 2.16. The van der Waals surface area contributed by atoms with E-state index in [2.05, 4.69) is 0 Å². The molecule has 1 aliphatic rings. The average molecular weight is 393 g/mol. The zero-order valence-electron chi connectivity index (χ0n) is 16.9. The maximum Gasteiger partial charge on any atom is 0.340 e. The largest absolute Gasteiger partial charge is 0.504 e. The Bertz CT molecular complexity index is 1020. The summed E-state index contributed by atoms with van der Waals surface area (Å²) in [4.78, 5) is 27.4. The Labute approximate surface area is 169 Å². The number of nitrogens with zero attached hydrogens (tertiary/aromatic N) is 1. The van der Waals surface area contributed by atoms with E-state index in [1.54, 1.807) is 32.0 Å². The number of esters is 1. The molecule has 6 heteroatoms. The van der Waals surface area contributed by atoms with Crippen molar-refractivity contribution in [2.45, 2.75) is 20.8 Å². The summed E-state index contributed by atoms with van der Waals surface area (Å²) in [5, 5.41) is 10.4. The van der Waals surface area contributed by atoms with Crippen molar-refractivity contribution in [3.63, 3.8) is 0 Å². The van der Waals surface area contributed by atoms with Gasteiger partial charge in [0.2, 0.25) is 0 Å². The fourth-order valence-electron chi connectivity index (χ4n) is 3.26. The second kappa shape index (κ2) is 8.22. The molecule has 0 aliphatic carbocycles. The van der Waals surface area contributed by atoms with Crippen molar-refractivity contribution in [2.75, 3.05) is 18.6 Å². The van der Waals surface area contributed by atoms with Crippen molar-refractivity contribution in [1.29, 1.82) is 0 Å². The predicted octanol–water partition coefficient (Wildman–Crippen LogP) is 3.98. The first-order valence-corrected chi connectivity index (χ1v) is 9.26. The summed E-state index contributed by atoms with van der Waals surface area (Å²) in [6, 6.07) is 12.4. The normalized spacial score (nSPS) is 15.2. The molecular weight excluding hydrogens is 370 g/mol. The highest BCUT2D eigenvalue weighted by atomic mass is 16.5. The second-order valence-corrected chi connectivity index (χ2v) is 6.61. The molecule has 0 bridgehead atoms. The molecule has 2 aromatic carbocycles. The molecule has 0 saturated carbocycles. The Morgan fingerprint density at radius 1 is 1.14 bits per heavy atom. The molecule has 150 valence electrons. The number of rotatable bonds is 5. The fourth-order valence-corrected chi connectivity index (χ4v) is 3.26. The topological polar surface area (TPSA) is 76.1 Å². The molecule has 1 aliphatic heterocycles. The van der Waals surface area contributed by atoms with Crippen LogP contribution in [0.5, 0.6) is 11.5 Å². The van der Waals surface area contributed by atoms with Gasteiger partial charge in [-0.3, -0.25) is 9.69 Å². The first-order chi connectivity index (χ1) is 13.9. The molecule has 0 saturated heterocycles. The number of carbonyl (C=O) groups excluding carboxylic acids is 2. The van der Waals surface area contributed by atoms with Gasteiger partial charge in [0.15, 0.2) is 11.5 Å². The molecule has 0 fully saturated rings. The number of anilines is 1. The van der Waals surface area contributed by atoms with Crippen LogP contribution in [0.2, 0.25) is 0 Å². The van der Waals surface area contributed by atoms with E-state index in [-0.39, 0.29) is 35.2 Å². The van der Waals surface area contributed by atoms with E-state index in [4.69, 9.17) is 9.47 Å². The predicted molar refractivity (Wildman–Crippen MR) is 111 cm³/mol. The lowest BCUT2D eigenvalue weighted by Crippen LogP contribution is -2.24. The van der Waals surface area contributed by atoms with Crippen LogP contribution in [0.4, 0.5) is 5.69 Å². The molecule has 0 aromatic heterocycles. The lowest BCUT2D eigenvalue weighted by atomic mass is 10.0. The first kappa shape index (κ1) is 20.2. The number of phenolic OH excluding ortho intramolecular Hbond substituents is 1. The highest BCUT2D eigenvalue weighted by Crippen LogP contribution is 2.38. The minimum absolute atomic E-state index is 0.107. The van der Waals surface area contributed by atoms with Crippen molar-refractivity contribution < 1.29 is 24.2 Å². The van der Waals surface area contributed by atoms with Gasteiger partial charge in [0.05, 0.1) is 24.9 Å². The van der Waals surface area contributed by atoms with Crippen LogP contribution in [0.3, 0.4) is 0 Å². The SMILES string of the molecule is CCOC(=O)C1=C(C)N(c2ccc(C)cc2)C(=O)/C1=C/c1cccc(OC)c1O. The van der Waals surface area contributed by atoms with Crippen LogP contribution in [-0.4, -0.2) is 30.7 Å². The van der Waals surface area contributed by atoms with Gasteiger partial charge in [0.1, 0.15) is 0 Å². The van der Waals surface area contributed by atoms with Gasteiger partial charge in [-0.1, -0.05) is 29.8 Å². The van der Waals surface area contributed by atoms with Crippen LogP contribution in [0, 0.1) is 6.92 Å². The number of para-hydroxylation sites is 1. The van der Waals surface area contributed by atoms with Gasteiger partial charge in [-0.05, 0) is 45.0 Å². The van der Waals surface area contributed by atoms with Crippen molar-refractivity contribution in [3.8, 4) is 11.5 Å². The summed E-state index contributed by atoms with van der Waals surface area (Å²) in [7, 11) is 1.44. The van der Waals surface area contributed by atoms with Gasteiger partial charge in [0, 0.05) is 16.9 Å². The van der Waals surface area contributed by atoms with Crippen LogP contribution >= 0.6 is 0 Å². The van der Waals surface area contributed by atoms with Gasteiger partial charge in [0.25, 0.3) is 5.91 Å². The van der Waals surface area contributed by atoms with Crippen molar-refractivity contribution in [2.24, 2.45) is 0 Å². The number of benzene rings is 2. The van der Waals surface area contributed by atoms with E-state index in [9.17, 15) is 14.7 Å². The Morgan fingerprint density at radius 2 is 1.83 bits per heavy atom. The van der Waals surface area contributed by atoms with Crippen LogP contribution in [0.1, 0.15) is 25.0 Å². The summed E-state index contributed by atoms with van der Waals surface area (Å²) in [5.41, 5.74) is 2.89. The molecule has 6 nitrogen and oxygen atoms in total. The third kappa shape index (κ3) is 3.74. The first-order valence-electron chi connectivity index (χ1n) is 9.26. The molecule has 0 spiro atoms. The quantitative estimate of drug-likeness (QED) is 0.614. The molecule has 0 atom stereocenters. The molecule has 29 heavy (non-hydrogen) atoms. The third-order valence-corrected chi connectivity index (χ3v) is 4.72. The molecule has 1 amide bonds. The average Bonchev–Trinajstić information content (AvgIpc) is 2.94. The van der Waals surface area contributed by atoms with E-state index in [0.29, 0.717) is 16.9 Å². The number of hydrogen-bond acceptors (Lipinski definition) is 5. The minimum atomic E-state index is -0.582. The summed E-state index contributed by atoms with van der Waals surface area (Å²) >= 11 is 0. The van der Waals surface area contributed by atoms with Gasteiger partial charge < -0.3 is 14.6 Å². The molecule has 0 unspecified atom stereocenters. The number of aryl methyl sites for hydroxylation is 1. The Morgan fingerprint density at radius 3 is 2.45 bits per heavy atom. The van der Waals surface area contributed by atoms with E-state index < -0.39 is 5.97 Å². The van der Waals surface area contributed by atoms with Crippen molar-refractivity contribution in [1.82, 2.24) is 0 Å². The highest BCUT2D eigenvalue weighted by molar-refractivity contribution is 6.24. The number of ether oxygens (including phenoxy) is 2. The maximum atomic E-state index is 13.3. The third-order valence-electron chi connectivity index (χ3n) is 4.72. The fraction of sp³-hybridized carbons (Fsp3) is 0.217. The lowest BCUT2D eigenvalue weighted by Gasteiger charge is -2.18. The molecule has 0 radical (unpaired) electrons. The van der Waals surface area contributed by atoms with Gasteiger partial charge in [-0.25, -0.2) is 4.79 Å². The van der Waals surface area contributed by atoms with Crippen LogP contribution < -0.4 is 9.64 Å². The summed E-state index contributed by atoms with van der Waals surface area (Å²) < 4.78 is 10.3. The number of allylic oxidation sites excluding steroid dienone is 1. The molecule has 3 rings (SSSR count). The standard InChI is InChI=1S/C23H23NO5/c1-5-29-23(27)20-15(3)24(17-11-9-14(2)10-12-17)22(26)18(20)13-16-7-6-8-19(28-4)21(16)25/h6-13,25H,5H2,1-4H3/b18-13+. The van der Waals surface area contributed by atoms with Gasteiger partial charge >= 0.3 is 5.97 Å².